The van der Waals surface area contributed by atoms with Crippen LogP contribution in [-0.4, -0.2) is 37.7 Å². The fourth-order valence-electron chi connectivity index (χ4n) is 2.65. The van der Waals surface area contributed by atoms with E-state index < -0.39 is 12.4 Å². The van der Waals surface area contributed by atoms with Crippen molar-refractivity contribution < 1.29 is 19.4 Å². The van der Waals surface area contributed by atoms with Crippen molar-refractivity contribution in [1.82, 2.24) is 19.3 Å². The quantitative estimate of drug-likeness (QED) is 0.838. The Bertz CT molecular complexity index is 782. The first-order chi connectivity index (χ1) is 11.1. The van der Waals surface area contributed by atoms with Gasteiger partial charge in [0, 0.05) is 25.1 Å². The summed E-state index contributed by atoms with van der Waals surface area (Å²) >= 11 is 0. The van der Waals surface area contributed by atoms with E-state index in [1.165, 1.54) is 16.4 Å². The van der Waals surface area contributed by atoms with Crippen LogP contribution in [0.2, 0.25) is 0 Å². The average Bonchev–Trinajstić information content (AvgIpc) is 2.84. The fraction of sp³-hybridized carbons (Fsp3) is 0.429. The highest BCUT2D eigenvalue weighted by Crippen LogP contribution is 2.23. The van der Waals surface area contributed by atoms with Gasteiger partial charge in [-0.1, -0.05) is 0 Å². The molecule has 0 bridgehead atoms. The van der Waals surface area contributed by atoms with Gasteiger partial charge in [-0.25, -0.2) is 23.8 Å². The van der Waals surface area contributed by atoms with Crippen molar-refractivity contribution >= 4 is 6.16 Å². The van der Waals surface area contributed by atoms with Crippen LogP contribution < -0.4 is 10.4 Å². The lowest BCUT2D eigenvalue weighted by molar-refractivity contribution is 0.00392. The Morgan fingerprint density at radius 1 is 1.52 bits per heavy atom. The largest absolute Gasteiger partial charge is 0.507 e. The lowest BCUT2D eigenvalue weighted by atomic mass is 10.1. The Balaban J connectivity index is 1.91. The smallest absolute Gasteiger partial charge is 0.481 e. The molecule has 122 valence electrons. The summed E-state index contributed by atoms with van der Waals surface area (Å²) in [6, 6.07) is 3.48. The zero-order chi connectivity index (χ0) is 16.4. The number of methoxy groups -OCH3 is 1. The molecule has 9 heteroatoms. The van der Waals surface area contributed by atoms with Crippen LogP contribution in [0, 0.1) is 0 Å². The topological polar surface area (TPSA) is 108 Å². The average molecular weight is 320 g/mol. The van der Waals surface area contributed by atoms with Crippen LogP contribution in [0.4, 0.5) is 4.79 Å². The summed E-state index contributed by atoms with van der Waals surface area (Å²) in [6.07, 6.45) is 1.17. The minimum Gasteiger partial charge on any atom is -0.481 e. The maximum Gasteiger partial charge on any atom is 0.507 e. The van der Waals surface area contributed by atoms with E-state index in [2.05, 4.69) is 10.1 Å². The molecule has 9 nitrogen and oxygen atoms in total. The summed E-state index contributed by atoms with van der Waals surface area (Å²) in [5, 5.41) is 13.1. The second kappa shape index (κ2) is 6.11. The molecule has 1 unspecified atom stereocenters. The van der Waals surface area contributed by atoms with Crippen LogP contribution in [0.15, 0.2) is 23.1 Å². The van der Waals surface area contributed by atoms with E-state index in [9.17, 15) is 9.59 Å². The minimum atomic E-state index is -1.40. The minimum absolute atomic E-state index is 0.248. The number of carbonyl (C=O) groups is 1. The zero-order valence-corrected chi connectivity index (χ0v) is 12.5. The number of aromatic nitrogens is 4. The first-order valence-corrected chi connectivity index (χ1v) is 7.15. The van der Waals surface area contributed by atoms with E-state index in [0.717, 1.165) is 12.0 Å². The number of pyridine rings is 1. The molecular formula is C14H16N4O5. The van der Waals surface area contributed by atoms with Crippen molar-refractivity contribution in [3.8, 4) is 5.88 Å². The Morgan fingerprint density at radius 3 is 3.09 bits per heavy atom. The van der Waals surface area contributed by atoms with E-state index in [-0.39, 0.29) is 12.2 Å². The van der Waals surface area contributed by atoms with Gasteiger partial charge in [0.1, 0.15) is 5.82 Å². The predicted octanol–water partition coefficient (Wildman–Crippen LogP) is 1.03. The fourth-order valence-corrected chi connectivity index (χ4v) is 2.65. The molecule has 1 aliphatic heterocycles. The van der Waals surface area contributed by atoms with Crippen LogP contribution in [0.25, 0.3) is 0 Å². The summed E-state index contributed by atoms with van der Waals surface area (Å²) in [6.45, 7) is 0.248. The lowest BCUT2D eigenvalue weighted by Gasteiger charge is -2.21. The van der Waals surface area contributed by atoms with E-state index in [1.807, 2.05) is 0 Å². The van der Waals surface area contributed by atoms with Crippen molar-refractivity contribution in [1.29, 1.82) is 0 Å². The third kappa shape index (κ3) is 3.03. The van der Waals surface area contributed by atoms with Gasteiger partial charge >= 0.3 is 11.8 Å². The van der Waals surface area contributed by atoms with Crippen molar-refractivity contribution in [2.24, 2.45) is 0 Å². The second-order valence-corrected chi connectivity index (χ2v) is 5.16. The first kappa shape index (κ1) is 15.1. The Labute approximate surface area is 131 Å². The second-order valence-electron chi connectivity index (χ2n) is 5.16. The summed E-state index contributed by atoms with van der Waals surface area (Å²) in [5.74, 6) is 0.986. The molecule has 1 atom stereocenters. The number of rotatable bonds is 4. The van der Waals surface area contributed by atoms with Crippen molar-refractivity contribution in [3.05, 3.63) is 40.2 Å². The van der Waals surface area contributed by atoms with Crippen LogP contribution in [0.3, 0.4) is 0 Å². The molecule has 0 amide bonds. The van der Waals surface area contributed by atoms with Crippen LogP contribution in [-0.2, 0) is 17.7 Å². The van der Waals surface area contributed by atoms with Gasteiger partial charge in [0.2, 0.25) is 5.88 Å². The van der Waals surface area contributed by atoms with Crippen LogP contribution >= 0.6 is 0 Å². The molecule has 0 saturated carbocycles. The number of nitrogens with zero attached hydrogens (tertiary/aromatic N) is 4. The summed E-state index contributed by atoms with van der Waals surface area (Å²) < 4.78 is 12.5. The zero-order valence-electron chi connectivity index (χ0n) is 12.5. The molecule has 1 aliphatic rings. The van der Waals surface area contributed by atoms with E-state index in [1.54, 1.807) is 18.3 Å². The highest BCUT2D eigenvalue weighted by Gasteiger charge is 2.28. The third-order valence-corrected chi connectivity index (χ3v) is 3.66. The Kier molecular flexibility index (Phi) is 4.00. The van der Waals surface area contributed by atoms with Crippen molar-refractivity contribution in [3.63, 3.8) is 0 Å². The molecule has 0 radical (unpaired) electrons. The Morgan fingerprint density at radius 2 is 2.35 bits per heavy atom. The molecule has 1 N–H and O–H groups in total. The molecular weight excluding hydrogens is 304 g/mol. The maximum atomic E-state index is 12.5. The molecule has 0 saturated heterocycles. The van der Waals surface area contributed by atoms with Gasteiger partial charge in [-0.05, 0) is 18.1 Å². The SMILES string of the molecule is COc1cc(Cn2nc3n(c2=O)C(OC(=O)O)CCC3)ccn1. The van der Waals surface area contributed by atoms with Gasteiger partial charge in [0.25, 0.3) is 0 Å². The van der Waals surface area contributed by atoms with Crippen LogP contribution in [0.5, 0.6) is 5.88 Å². The molecule has 3 rings (SSSR count). The molecule has 2 aromatic rings. The first-order valence-electron chi connectivity index (χ1n) is 7.15. The van der Waals surface area contributed by atoms with Gasteiger partial charge in [-0.2, -0.15) is 5.10 Å². The van der Waals surface area contributed by atoms with Crippen LogP contribution in [0.1, 0.15) is 30.5 Å². The molecule has 0 spiro atoms. The molecule has 3 heterocycles. The summed E-state index contributed by atoms with van der Waals surface area (Å²) in [5.41, 5.74) is 0.423. The summed E-state index contributed by atoms with van der Waals surface area (Å²) in [7, 11) is 1.52. The number of fused-ring (bicyclic) bond motifs is 1. The standard InChI is InChI=1S/C14H16N4O5/c1-22-11-7-9(5-6-15-11)8-17-13(19)18-10(16-17)3-2-4-12(18)23-14(20)21/h5-7,12H,2-4,8H2,1H3,(H,20,21). The monoisotopic (exact) mass is 320 g/mol. The van der Waals surface area contributed by atoms with Crippen molar-refractivity contribution in [2.75, 3.05) is 7.11 Å². The van der Waals surface area contributed by atoms with Gasteiger partial charge in [0.05, 0.1) is 13.7 Å². The molecule has 0 fully saturated rings. The summed E-state index contributed by atoms with van der Waals surface area (Å²) in [4.78, 5) is 27.3. The number of aryl methyl sites for hydroxylation is 1. The van der Waals surface area contributed by atoms with E-state index in [4.69, 9.17) is 14.6 Å². The maximum absolute atomic E-state index is 12.5. The Hall–Kier alpha value is -2.84. The predicted molar refractivity (Wildman–Crippen MR) is 77.5 cm³/mol. The number of carboxylic acid groups (broad SMARTS) is 1. The van der Waals surface area contributed by atoms with Gasteiger partial charge in [-0.15, -0.1) is 0 Å². The molecule has 0 aromatic carbocycles. The van der Waals surface area contributed by atoms with E-state index in [0.29, 0.717) is 24.5 Å². The van der Waals surface area contributed by atoms with Crippen molar-refractivity contribution in [2.45, 2.75) is 32.0 Å². The highest BCUT2D eigenvalue weighted by molar-refractivity contribution is 5.56. The van der Waals surface area contributed by atoms with Gasteiger partial charge < -0.3 is 14.6 Å². The van der Waals surface area contributed by atoms with Gasteiger partial charge in [0.15, 0.2) is 6.23 Å². The highest BCUT2D eigenvalue weighted by atomic mass is 16.7. The number of hydrogen-bond donors (Lipinski definition) is 1. The molecule has 0 aliphatic carbocycles. The molecule has 23 heavy (non-hydrogen) atoms. The number of ether oxygens (including phenoxy) is 2. The molecule has 2 aromatic heterocycles. The third-order valence-electron chi connectivity index (χ3n) is 3.66. The van der Waals surface area contributed by atoms with E-state index >= 15 is 0 Å². The number of hydrogen-bond acceptors (Lipinski definition) is 6. The lowest BCUT2D eigenvalue weighted by Crippen LogP contribution is -2.33. The normalized spacial score (nSPS) is 16.7. The van der Waals surface area contributed by atoms with Gasteiger partial charge in [-0.3, -0.25) is 0 Å².